The van der Waals surface area contributed by atoms with Crippen molar-refractivity contribution in [1.29, 1.82) is 0 Å². The standard InChI is InChI=1S/C15H17N3O.2ClH/c1-16-8-11-2-6-13(7-3-11)19-14-9-17-15(18-10-14)12-4-5-12;;/h2-3,6-7,9-10,12,16H,4-5,8H2,1H3;2*1H. The average Bonchev–Trinajstić information content (AvgIpc) is 3.27. The van der Waals surface area contributed by atoms with Crippen molar-refractivity contribution in [3.8, 4) is 11.5 Å². The molecule has 0 atom stereocenters. The van der Waals surface area contributed by atoms with Crippen molar-refractivity contribution in [2.75, 3.05) is 7.05 Å². The summed E-state index contributed by atoms with van der Waals surface area (Å²) in [7, 11) is 1.93. The van der Waals surface area contributed by atoms with Gasteiger partial charge in [-0.05, 0) is 37.6 Å². The highest BCUT2D eigenvalue weighted by Gasteiger charge is 2.26. The summed E-state index contributed by atoms with van der Waals surface area (Å²) in [6.45, 7) is 0.861. The summed E-state index contributed by atoms with van der Waals surface area (Å²) in [6.07, 6.45) is 5.94. The molecule has 114 valence electrons. The number of benzene rings is 1. The highest BCUT2D eigenvalue weighted by molar-refractivity contribution is 5.85. The molecule has 0 bridgehead atoms. The molecule has 0 unspecified atom stereocenters. The van der Waals surface area contributed by atoms with Crippen molar-refractivity contribution in [2.45, 2.75) is 25.3 Å². The summed E-state index contributed by atoms with van der Waals surface area (Å²) >= 11 is 0. The molecule has 21 heavy (non-hydrogen) atoms. The predicted molar refractivity (Wildman–Crippen MR) is 87.8 cm³/mol. The smallest absolute Gasteiger partial charge is 0.164 e. The predicted octanol–water partition coefficient (Wildman–Crippen LogP) is 3.71. The molecule has 6 heteroatoms. The van der Waals surface area contributed by atoms with E-state index in [2.05, 4.69) is 15.3 Å². The second-order valence-electron chi connectivity index (χ2n) is 4.83. The van der Waals surface area contributed by atoms with E-state index in [0.29, 0.717) is 11.7 Å². The van der Waals surface area contributed by atoms with Gasteiger partial charge in [0.25, 0.3) is 0 Å². The van der Waals surface area contributed by atoms with Gasteiger partial charge in [-0.15, -0.1) is 24.8 Å². The summed E-state index contributed by atoms with van der Waals surface area (Å²) < 4.78 is 5.72. The zero-order valence-corrected chi connectivity index (χ0v) is 13.4. The van der Waals surface area contributed by atoms with Gasteiger partial charge in [-0.2, -0.15) is 0 Å². The summed E-state index contributed by atoms with van der Waals surface area (Å²) in [5, 5.41) is 3.12. The van der Waals surface area contributed by atoms with Crippen LogP contribution in [0.1, 0.15) is 30.1 Å². The van der Waals surface area contributed by atoms with Gasteiger partial charge < -0.3 is 10.1 Å². The van der Waals surface area contributed by atoms with Crippen LogP contribution in [-0.2, 0) is 6.54 Å². The number of halogens is 2. The number of hydrogen-bond acceptors (Lipinski definition) is 4. The molecule has 0 amide bonds. The van der Waals surface area contributed by atoms with Gasteiger partial charge in [-0.1, -0.05) is 12.1 Å². The molecule has 0 saturated heterocycles. The largest absolute Gasteiger partial charge is 0.454 e. The molecule has 0 spiro atoms. The van der Waals surface area contributed by atoms with E-state index in [1.54, 1.807) is 12.4 Å². The Labute approximate surface area is 137 Å². The Hall–Kier alpha value is -1.36. The molecular formula is C15H19Cl2N3O. The van der Waals surface area contributed by atoms with Gasteiger partial charge in [0.1, 0.15) is 11.6 Å². The summed E-state index contributed by atoms with van der Waals surface area (Å²) in [4.78, 5) is 8.68. The summed E-state index contributed by atoms with van der Waals surface area (Å²) in [5.41, 5.74) is 1.23. The Morgan fingerprint density at radius 1 is 1.05 bits per heavy atom. The number of nitrogens with zero attached hydrogens (tertiary/aromatic N) is 2. The number of nitrogens with one attached hydrogen (secondary N) is 1. The molecule has 2 aromatic rings. The Bertz CT molecular complexity index is 542. The molecule has 0 radical (unpaired) electrons. The molecule has 0 aliphatic heterocycles. The van der Waals surface area contributed by atoms with Crippen molar-refractivity contribution in [3.63, 3.8) is 0 Å². The molecule has 1 heterocycles. The fourth-order valence-corrected chi connectivity index (χ4v) is 1.95. The van der Waals surface area contributed by atoms with E-state index < -0.39 is 0 Å². The van der Waals surface area contributed by atoms with Crippen molar-refractivity contribution in [1.82, 2.24) is 15.3 Å². The first-order valence-electron chi connectivity index (χ1n) is 6.58. The number of hydrogen-bond donors (Lipinski definition) is 1. The molecule has 3 rings (SSSR count). The fourth-order valence-electron chi connectivity index (χ4n) is 1.95. The molecule has 1 aliphatic carbocycles. The third-order valence-corrected chi connectivity index (χ3v) is 3.13. The lowest BCUT2D eigenvalue weighted by atomic mass is 10.2. The Morgan fingerprint density at radius 2 is 1.67 bits per heavy atom. The van der Waals surface area contributed by atoms with Gasteiger partial charge in [-0.3, -0.25) is 0 Å². The zero-order valence-electron chi connectivity index (χ0n) is 11.8. The van der Waals surface area contributed by atoms with Crippen molar-refractivity contribution in [3.05, 3.63) is 48.0 Å². The maximum Gasteiger partial charge on any atom is 0.164 e. The molecule has 1 N–H and O–H groups in total. The second kappa shape index (κ2) is 8.17. The van der Waals surface area contributed by atoms with Gasteiger partial charge in [0, 0.05) is 12.5 Å². The van der Waals surface area contributed by atoms with Crippen molar-refractivity contribution in [2.24, 2.45) is 0 Å². The van der Waals surface area contributed by atoms with E-state index in [4.69, 9.17) is 4.74 Å². The Morgan fingerprint density at radius 3 is 2.19 bits per heavy atom. The minimum atomic E-state index is 0. The van der Waals surface area contributed by atoms with Crippen LogP contribution in [0.2, 0.25) is 0 Å². The van der Waals surface area contributed by atoms with Crippen LogP contribution in [0.15, 0.2) is 36.7 Å². The lowest BCUT2D eigenvalue weighted by Crippen LogP contribution is -2.04. The van der Waals surface area contributed by atoms with Gasteiger partial charge in [0.15, 0.2) is 5.75 Å². The maximum absolute atomic E-state index is 5.72. The molecule has 1 aliphatic rings. The zero-order chi connectivity index (χ0) is 13.1. The van der Waals surface area contributed by atoms with Crippen molar-refractivity contribution < 1.29 is 4.74 Å². The molecule has 1 aromatic carbocycles. The van der Waals surface area contributed by atoms with Crippen LogP contribution in [0.5, 0.6) is 11.5 Å². The molecule has 1 saturated carbocycles. The Balaban J connectivity index is 0.00000110. The van der Waals surface area contributed by atoms with E-state index in [1.807, 2.05) is 31.3 Å². The van der Waals surface area contributed by atoms with Gasteiger partial charge in [0.2, 0.25) is 0 Å². The lowest BCUT2D eigenvalue weighted by Gasteiger charge is -2.06. The van der Waals surface area contributed by atoms with Gasteiger partial charge >= 0.3 is 0 Å². The third-order valence-electron chi connectivity index (χ3n) is 3.13. The van der Waals surface area contributed by atoms with Crippen LogP contribution >= 0.6 is 24.8 Å². The van der Waals surface area contributed by atoms with E-state index in [0.717, 1.165) is 18.1 Å². The minimum absolute atomic E-state index is 0. The van der Waals surface area contributed by atoms with E-state index in [9.17, 15) is 0 Å². The fraction of sp³-hybridized carbons (Fsp3) is 0.333. The first-order valence-corrected chi connectivity index (χ1v) is 6.58. The van der Waals surface area contributed by atoms with E-state index >= 15 is 0 Å². The summed E-state index contributed by atoms with van der Waals surface area (Å²) in [6, 6.07) is 8.01. The number of ether oxygens (including phenoxy) is 1. The van der Waals surface area contributed by atoms with Crippen LogP contribution in [0.25, 0.3) is 0 Å². The maximum atomic E-state index is 5.72. The molecule has 1 aromatic heterocycles. The normalized spacial score (nSPS) is 13.0. The average molecular weight is 328 g/mol. The Kier molecular flexibility index (Phi) is 6.89. The van der Waals surface area contributed by atoms with Crippen LogP contribution in [-0.4, -0.2) is 17.0 Å². The van der Waals surface area contributed by atoms with Gasteiger partial charge in [0.05, 0.1) is 12.4 Å². The van der Waals surface area contributed by atoms with E-state index in [1.165, 1.54) is 18.4 Å². The van der Waals surface area contributed by atoms with Crippen LogP contribution in [0, 0.1) is 0 Å². The highest BCUT2D eigenvalue weighted by atomic mass is 35.5. The molecular weight excluding hydrogens is 309 g/mol. The van der Waals surface area contributed by atoms with Crippen LogP contribution < -0.4 is 10.1 Å². The number of rotatable bonds is 5. The molecule has 4 nitrogen and oxygen atoms in total. The third kappa shape index (κ3) is 4.84. The summed E-state index contributed by atoms with van der Waals surface area (Å²) in [5.74, 6) is 3.01. The monoisotopic (exact) mass is 327 g/mol. The SMILES string of the molecule is CNCc1ccc(Oc2cnc(C3CC3)nc2)cc1.Cl.Cl. The quantitative estimate of drug-likeness (QED) is 0.909. The first kappa shape index (κ1) is 17.7. The minimum Gasteiger partial charge on any atom is -0.454 e. The van der Waals surface area contributed by atoms with Crippen LogP contribution in [0.3, 0.4) is 0 Å². The lowest BCUT2D eigenvalue weighted by molar-refractivity contribution is 0.476. The van der Waals surface area contributed by atoms with E-state index in [-0.39, 0.29) is 24.8 Å². The topological polar surface area (TPSA) is 47.0 Å². The van der Waals surface area contributed by atoms with Gasteiger partial charge in [-0.25, -0.2) is 9.97 Å². The first-order chi connectivity index (χ1) is 9.35. The second-order valence-corrected chi connectivity index (χ2v) is 4.83. The molecule has 1 fully saturated rings. The highest BCUT2D eigenvalue weighted by Crippen LogP contribution is 2.38. The number of aromatic nitrogens is 2. The van der Waals surface area contributed by atoms with Crippen LogP contribution in [0.4, 0.5) is 0 Å². The van der Waals surface area contributed by atoms with Crippen molar-refractivity contribution >= 4 is 24.8 Å².